The minimum absolute atomic E-state index is 0.103. The molecule has 3 aromatic rings. The highest BCUT2D eigenvalue weighted by atomic mass is 15.0. The zero-order chi connectivity index (χ0) is 15.0. The molecule has 0 unspecified atom stereocenters. The van der Waals surface area contributed by atoms with Crippen molar-refractivity contribution in [2.45, 2.75) is 39.7 Å². The average molecular weight is 278 g/mol. The summed E-state index contributed by atoms with van der Waals surface area (Å²) in [5, 5.41) is 1.22. The van der Waals surface area contributed by atoms with E-state index in [1.54, 1.807) is 0 Å². The predicted octanol–water partition coefficient (Wildman–Crippen LogP) is 4.69. The smallest absolute Gasteiger partial charge is 0.140 e. The summed E-state index contributed by atoms with van der Waals surface area (Å²) in [7, 11) is 0. The third kappa shape index (κ3) is 2.71. The third-order valence-corrected chi connectivity index (χ3v) is 3.89. The number of fused-ring (bicyclic) bond motifs is 1. The van der Waals surface area contributed by atoms with Crippen molar-refractivity contribution in [3.63, 3.8) is 0 Å². The number of rotatable bonds is 2. The van der Waals surface area contributed by atoms with Gasteiger partial charge in [-0.2, -0.15) is 0 Å². The van der Waals surface area contributed by atoms with Crippen molar-refractivity contribution in [2.75, 3.05) is 0 Å². The van der Waals surface area contributed by atoms with Gasteiger partial charge in [0.2, 0.25) is 0 Å². The van der Waals surface area contributed by atoms with Gasteiger partial charge in [-0.25, -0.2) is 4.98 Å². The van der Waals surface area contributed by atoms with Crippen LogP contribution in [0.4, 0.5) is 0 Å². The number of pyridine rings is 1. The van der Waals surface area contributed by atoms with Gasteiger partial charge in [0.15, 0.2) is 0 Å². The van der Waals surface area contributed by atoms with Gasteiger partial charge in [-0.3, -0.25) is 0 Å². The van der Waals surface area contributed by atoms with Crippen LogP contribution in [0.1, 0.15) is 37.6 Å². The fourth-order valence-corrected chi connectivity index (χ4v) is 2.74. The fourth-order valence-electron chi connectivity index (χ4n) is 2.74. The van der Waals surface area contributed by atoms with Gasteiger partial charge in [0, 0.05) is 29.2 Å². The lowest BCUT2D eigenvalue weighted by atomic mass is 9.92. The van der Waals surface area contributed by atoms with E-state index in [4.69, 9.17) is 0 Å². The molecule has 21 heavy (non-hydrogen) atoms. The van der Waals surface area contributed by atoms with Crippen LogP contribution >= 0.6 is 0 Å². The Morgan fingerprint density at radius 2 is 1.76 bits per heavy atom. The van der Waals surface area contributed by atoms with E-state index < -0.39 is 0 Å². The van der Waals surface area contributed by atoms with Crippen molar-refractivity contribution in [3.05, 3.63) is 65.5 Å². The molecule has 2 nitrogen and oxygen atoms in total. The van der Waals surface area contributed by atoms with E-state index in [1.165, 1.54) is 22.2 Å². The highest BCUT2D eigenvalue weighted by Gasteiger charge is 2.21. The van der Waals surface area contributed by atoms with Crippen molar-refractivity contribution in [3.8, 4) is 0 Å². The van der Waals surface area contributed by atoms with E-state index in [2.05, 4.69) is 73.6 Å². The van der Waals surface area contributed by atoms with Gasteiger partial charge in [-0.05, 0) is 30.7 Å². The van der Waals surface area contributed by atoms with E-state index in [1.807, 2.05) is 12.3 Å². The summed E-state index contributed by atoms with van der Waals surface area (Å²) in [5.41, 5.74) is 5.12. The van der Waals surface area contributed by atoms with Crippen LogP contribution < -0.4 is 0 Å². The largest absolute Gasteiger partial charge is 0.325 e. The lowest BCUT2D eigenvalue weighted by Gasteiger charge is -2.22. The van der Waals surface area contributed by atoms with E-state index in [0.717, 1.165) is 12.2 Å². The summed E-state index contributed by atoms with van der Waals surface area (Å²) < 4.78 is 2.35. The molecule has 0 aliphatic rings. The molecule has 3 rings (SSSR count). The Morgan fingerprint density at radius 1 is 1.05 bits per heavy atom. The maximum atomic E-state index is 4.59. The van der Waals surface area contributed by atoms with Crippen LogP contribution in [-0.4, -0.2) is 9.55 Å². The van der Waals surface area contributed by atoms with Crippen molar-refractivity contribution in [1.29, 1.82) is 0 Å². The Morgan fingerprint density at radius 3 is 2.43 bits per heavy atom. The summed E-state index contributed by atoms with van der Waals surface area (Å²) in [5.74, 6) is 0. The van der Waals surface area contributed by atoms with E-state index in [-0.39, 0.29) is 5.41 Å². The Kier molecular flexibility index (Phi) is 3.32. The topological polar surface area (TPSA) is 17.8 Å². The van der Waals surface area contributed by atoms with Gasteiger partial charge < -0.3 is 4.57 Å². The zero-order valence-electron chi connectivity index (χ0n) is 13.2. The molecule has 108 valence electrons. The first-order valence-electron chi connectivity index (χ1n) is 7.45. The molecule has 2 heteroatoms. The SMILES string of the molecule is Cc1ccc(Cn2c(C(C)(C)C)cc3cccnc32)cc1. The molecule has 0 atom stereocenters. The maximum Gasteiger partial charge on any atom is 0.140 e. The van der Waals surface area contributed by atoms with Crippen LogP contribution in [0.5, 0.6) is 0 Å². The molecule has 0 amide bonds. The normalized spacial score (nSPS) is 12.0. The van der Waals surface area contributed by atoms with Crippen LogP contribution in [0.3, 0.4) is 0 Å². The van der Waals surface area contributed by atoms with Gasteiger partial charge >= 0.3 is 0 Å². The Balaban J connectivity index is 2.13. The summed E-state index contributed by atoms with van der Waals surface area (Å²) in [6.07, 6.45) is 1.88. The Bertz CT molecular complexity index is 758. The second kappa shape index (κ2) is 5.03. The average Bonchev–Trinajstić information content (AvgIpc) is 2.81. The van der Waals surface area contributed by atoms with E-state index in [0.29, 0.717) is 0 Å². The standard InChI is InChI=1S/C19H22N2/c1-14-7-9-15(10-8-14)13-21-17(19(2,3)4)12-16-6-5-11-20-18(16)21/h5-12H,13H2,1-4H3. The molecule has 0 aliphatic heterocycles. The Hall–Kier alpha value is -2.09. The Labute approximate surface area is 126 Å². The first-order valence-corrected chi connectivity index (χ1v) is 7.45. The lowest BCUT2D eigenvalue weighted by Crippen LogP contribution is -2.18. The number of aromatic nitrogens is 2. The van der Waals surface area contributed by atoms with Gasteiger partial charge in [-0.15, -0.1) is 0 Å². The zero-order valence-corrected chi connectivity index (χ0v) is 13.2. The highest BCUT2D eigenvalue weighted by Crippen LogP contribution is 2.29. The summed E-state index contributed by atoms with van der Waals surface area (Å²) in [6, 6.07) is 15.2. The highest BCUT2D eigenvalue weighted by molar-refractivity contribution is 5.77. The quantitative estimate of drug-likeness (QED) is 0.665. The van der Waals surface area contributed by atoms with Crippen LogP contribution in [-0.2, 0) is 12.0 Å². The van der Waals surface area contributed by atoms with Crippen molar-refractivity contribution in [2.24, 2.45) is 0 Å². The molecule has 2 aromatic heterocycles. The van der Waals surface area contributed by atoms with E-state index in [9.17, 15) is 0 Å². The minimum Gasteiger partial charge on any atom is -0.325 e. The summed E-state index contributed by atoms with van der Waals surface area (Å²) >= 11 is 0. The molecule has 0 fully saturated rings. The second-order valence-electron chi connectivity index (χ2n) is 6.77. The molecule has 0 bridgehead atoms. The van der Waals surface area contributed by atoms with Crippen molar-refractivity contribution >= 4 is 11.0 Å². The molecule has 0 radical (unpaired) electrons. The monoisotopic (exact) mass is 278 g/mol. The third-order valence-electron chi connectivity index (χ3n) is 3.89. The first-order chi connectivity index (χ1) is 9.95. The molecule has 0 N–H and O–H groups in total. The summed E-state index contributed by atoms with van der Waals surface area (Å²) in [6.45, 7) is 9.76. The predicted molar refractivity (Wildman–Crippen MR) is 88.7 cm³/mol. The van der Waals surface area contributed by atoms with Crippen LogP contribution in [0.2, 0.25) is 0 Å². The fraction of sp³-hybridized carbons (Fsp3) is 0.316. The second-order valence-corrected chi connectivity index (χ2v) is 6.77. The molecular weight excluding hydrogens is 256 g/mol. The van der Waals surface area contributed by atoms with Gasteiger partial charge in [0.1, 0.15) is 5.65 Å². The molecular formula is C19H22N2. The number of benzene rings is 1. The number of nitrogens with zero attached hydrogens (tertiary/aromatic N) is 2. The van der Waals surface area contributed by atoms with Crippen molar-refractivity contribution in [1.82, 2.24) is 9.55 Å². The number of aryl methyl sites for hydroxylation is 1. The van der Waals surface area contributed by atoms with Gasteiger partial charge in [0.05, 0.1) is 0 Å². The lowest BCUT2D eigenvalue weighted by molar-refractivity contribution is 0.535. The maximum absolute atomic E-state index is 4.59. The van der Waals surface area contributed by atoms with E-state index >= 15 is 0 Å². The minimum atomic E-state index is 0.103. The summed E-state index contributed by atoms with van der Waals surface area (Å²) in [4.78, 5) is 4.59. The van der Waals surface area contributed by atoms with Crippen LogP contribution in [0.15, 0.2) is 48.7 Å². The van der Waals surface area contributed by atoms with Crippen molar-refractivity contribution < 1.29 is 0 Å². The first kappa shape index (κ1) is 13.9. The molecule has 0 saturated carbocycles. The van der Waals surface area contributed by atoms with Crippen LogP contribution in [0.25, 0.3) is 11.0 Å². The molecule has 2 heterocycles. The number of hydrogen-bond acceptors (Lipinski definition) is 1. The molecule has 1 aromatic carbocycles. The molecule has 0 saturated heterocycles. The molecule has 0 aliphatic carbocycles. The van der Waals surface area contributed by atoms with Gasteiger partial charge in [0.25, 0.3) is 0 Å². The number of hydrogen-bond donors (Lipinski definition) is 0. The van der Waals surface area contributed by atoms with Crippen LogP contribution in [0, 0.1) is 6.92 Å². The van der Waals surface area contributed by atoms with Gasteiger partial charge in [-0.1, -0.05) is 50.6 Å². The molecule has 0 spiro atoms.